The van der Waals surface area contributed by atoms with Crippen LogP contribution in [-0.4, -0.2) is 96.7 Å². The largest absolute Gasteiger partial charge is 0.472 e. The number of hydrogen-bond donors (Lipinski definition) is 3. The second-order valence-corrected chi connectivity index (χ2v) is 30.9. The third-order valence-electron chi connectivity index (χ3n) is 17.2. The van der Waals surface area contributed by atoms with Gasteiger partial charge in [0.1, 0.15) is 19.3 Å². The van der Waals surface area contributed by atoms with E-state index in [1.165, 1.54) is 161 Å². The minimum Gasteiger partial charge on any atom is -0.462 e. The number of unbranched alkanes of at least 4 members (excludes halogenated alkanes) is 35. The SMILES string of the molecule is CCC(C)CCCCCCCCCCCCCCCCC(=O)OC[C@H](COP(=O)(O)OCC(O)COP(=O)(O)OC[C@@H](COC(=O)CCCCCCCCCC(C)C)OC(=O)CCCCCCCCC(C)C)OC(=O)CCCCCCCCCCCCCCC(C)C. The number of esters is 4. The second kappa shape index (κ2) is 62.6. The number of phosphoric acid groups is 2. The Morgan fingerprint density at radius 2 is 0.522 bits per heavy atom. The summed E-state index contributed by atoms with van der Waals surface area (Å²) in [6.07, 6.45) is 46.1. The fraction of sp³-hybridized carbons (Fsp3) is 0.945. The van der Waals surface area contributed by atoms with E-state index in [2.05, 4.69) is 55.4 Å². The first kappa shape index (κ1) is 90.1. The summed E-state index contributed by atoms with van der Waals surface area (Å²) in [6, 6.07) is 0. The quantitative estimate of drug-likeness (QED) is 0.0222. The van der Waals surface area contributed by atoms with Gasteiger partial charge in [0.2, 0.25) is 0 Å². The van der Waals surface area contributed by atoms with Gasteiger partial charge in [0.25, 0.3) is 0 Å². The van der Waals surface area contributed by atoms with E-state index < -0.39 is 97.5 Å². The smallest absolute Gasteiger partial charge is 0.462 e. The highest BCUT2D eigenvalue weighted by atomic mass is 31.2. The highest BCUT2D eigenvalue weighted by Gasteiger charge is 2.30. The van der Waals surface area contributed by atoms with Crippen LogP contribution in [0.25, 0.3) is 0 Å². The predicted molar refractivity (Wildman–Crippen MR) is 372 cm³/mol. The second-order valence-electron chi connectivity index (χ2n) is 28.0. The number of hydrogen-bond acceptors (Lipinski definition) is 15. The van der Waals surface area contributed by atoms with Crippen molar-refractivity contribution in [1.29, 1.82) is 0 Å². The molecule has 0 spiro atoms. The Kier molecular flexibility index (Phi) is 61.3. The summed E-state index contributed by atoms with van der Waals surface area (Å²) in [4.78, 5) is 72.6. The van der Waals surface area contributed by atoms with E-state index in [4.69, 9.17) is 37.0 Å². The Labute approximate surface area is 562 Å². The van der Waals surface area contributed by atoms with Crippen LogP contribution in [0.1, 0.15) is 364 Å². The maximum Gasteiger partial charge on any atom is 0.472 e. The zero-order valence-corrected chi connectivity index (χ0v) is 62.0. The molecule has 92 heavy (non-hydrogen) atoms. The van der Waals surface area contributed by atoms with Crippen molar-refractivity contribution in [2.45, 2.75) is 382 Å². The van der Waals surface area contributed by atoms with Crippen LogP contribution in [0, 0.1) is 23.7 Å². The van der Waals surface area contributed by atoms with Gasteiger partial charge in [-0.15, -0.1) is 0 Å². The number of rotatable bonds is 70. The summed E-state index contributed by atoms with van der Waals surface area (Å²) >= 11 is 0. The van der Waals surface area contributed by atoms with Crippen molar-refractivity contribution >= 4 is 39.5 Å². The van der Waals surface area contributed by atoms with Crippen LogP contribution in [-0.2, 0) is 65.4 Å². The lowest BCUT2D eigenvalue weighted by Crippen LogP contribution is -2.30. The van der Waals surface area contributed by atoms with Crippen molar-refractivity contribution in [1.82, 2.24) is 0 Å². The molecule has 0 aliphatic rings. The zero-order valence-electron chi connectivity index (χ0n) is 60.2. The van der Waals surface area contributed by atoms with Gasteiger partial charge in [-0.3, -0.25) is 37.3 Å². The molecule has 0 aromatic carbocycles. The topological polar surface area (TPSA) is 237 Å². The number of phosphoric ester groups is 2. The molecule has 546 valence electrons. The van der Waals surface area contributed by atoms with Crippen molar-refractivity contribution in [2.24, 2.45) is 23.7 Å². The van der Waals surface area contributed by atoms with E-state index in [-0.39, 0.29) is 25.7 Å². The summed E-state index contributed by atoms with van der Waals surface area (Å²) in [5.41, 5.74) is 0. The van der Waals surface area contributed by atoms with Gasteiger partial charge in [-0.1, -0.05) is 312 Å². The molecule has 0 aliphatic carbocycles. The Balaban J connectivity index is 5.21. The van der Waals surface area contributed by atoms with E-state index in [0.717, 1.165) is 108 Å². The zero-order chi connectivity index (χ0) is 68.2. The highest BCUT2D eigenvalue weighted by Crippen LogP contribution is 2.45. The van der Waals surface area contributed by atoms with E-state index >= 15 is 0 Å². The van der Waals surface area contributed by atoms with Crippen LogP contribution < -0.4 is 0 Å². The normalized spacial score (nSPS) is 14.5. The van der Waals surface area contributed by atoms with Gasteiger partial charge in [-0.2, -0.15) is 0 Å². The van der Waals surface area contributed by atoms with Crippen molar-refractivity contribution in [3.63, 3.8) is 0 Å². The van der Waals surface area contributed by atoms with Crippen LogP contribution in [0.5, 0.6) is 0 Å². The van der Waals surface area contributed by atoms with Crippen LogP contribution in [0.2, 0.25) is 0 Å². The Bertz CT molecular complexity index is 1820. The van der Waals surface area contributed by atoms with Crippen molar-refractivity contribution in [2.75, 3.05) is 39.6 Å². The van der Waals surface area contributed by atoms with E-state index in [1.54, 1.807) is 0 Å². The molecule has 0 aromatic rings. The summed E-state index contributed by atoms with van der Waals surface area (Å²) in [6.45, 7) is 14.1. The van der Waals surface area contributed by atoms with Crippen LogP contribution in [0.15, 0.2) is 0 Å². The standard InChI is InChI=1S/C73H142O17P2/c1-9-66(8)52-44-36-27-21-17-12-10-11-13-18-22-28-37-45-53-70(75)83-59-68(89-72(77)55-47-39-29-23-19-15-14-16-20-25-33-41-49-63(2)3)61-87-91(79,80)85-57-67(74)58-86-92(81,82)88-62-69(90-73(78)56-48-40-32-31-35-43-51-65(6)7)60-84-71(76)54-46-38-30-24-26-34-42-50-64(4)5/h63-69,74H,9-62H2,1-8H3,(H,79,80)(H,81,82)/t66?,67?,68-,69-/m1/s1. The number of carbonyl (C=O) groups excluding carboxylic acids is 4. The number of ether oxygens (including phenoxy) is 4. The minimum absolute atomic E-state index is 0.101. The summed E-state index contributed by atoms with van der Waals surface area (Å²) in [7, 11) is -9.90. The summed E-state index contributed by atoms with van der Waals surface area (Å²) < 4.78 is 68.3. The maximum absolute atomic E-state index is 13.1. The first-order valence-electron chi connectivity index (χ1n) is 37.7. The Hall–Kier alpha value is -1.94. The van der Waals surface area contributed by atoms with Crippen LogP contribution >= 0.6 is 15.6 Å². The lowest BCUT2D eigenvalue weighted by molar-refractivity contribution is -0.161. The summed E-state index contributed by atoms with van der Waals surface area (Å²) in [5.74, 6) is 0.871. The lowest BCUT2D eigenvalue weighted by Gasteiger charge is -2.21. The minimum atomic E-state index is -4.96. The van der Waals surface area contributed by atoms with Gasteiger partial charge in [0, 0.05) is 25.7 Å². The first-order valence-corrected chi connectivity index (χ1v) is 40.7. The monoisotopic (exact) mass is 1350 g/mol. The molecular weight excluding hydrogens is 1210 g/mol. The van der Waals surface area contributed by atoms with Crippen molar-refractivity contribution < 1.29 is 80.2 Å². The molecule has 0 aliphatic heterocycles. The number of carbonyl (C=O) groups is 4. The third-order valence-corrected chi connectivity index (χ3v) is 19.1. The molecule has 0 radical (unpaired) electrons. The van der Waals surface area contributed by atoms with Crippen LogP contribution in [0.3, 0.4) is 0 Å². The molecule has 17 nitrogen and oxygen atoms in total. The van der Waals surface area contributed by atoms with Gasteiger partial charge in [0.05, 0.1) is 26.4 Å². The fourth-order valence-electron chi connectivity index (χ4n) is 11.0. The molecule has 6 atom stereocenters. The molecule has 0 fully saturated rings. The van der Waals surface area contributed by atoms with Crippen molar-refractivity contribution in [3.8, 4) is 0 Å². The average molecular weight is 1350 g/mol. The molecule has 19 heteroatoms. The van der Waals surface area contributed by atoms with Crippen molar-refractivity contribution in [3.05, 3.63) is 0 Å². The van der Waals surface area contributed by atoms with Gasteiger partial charge in [-0.25, -0.2) is 9.13 Å². The Morgan fingerprint density at radius 3 is 0.772 bits per heavy atom. The molecule has 0 saturated carbocycles. The molecule has 0 aromatic heterocycles. The summed E-state index contributed by atoms with van der Waals surface area (Å²) in [5, 5.41) is 10.6. The number of aliphatic hydroxyl groups is 1. The highest BCUT2D eigenvalue weighted by molar-refractivity contribution is 7.47. The molecule has 3 N–H and O–H groups in total. The molecule has 0 rings (SSSR count). The molecule has 0 bridgehead atoms. The van der Waals surface area contributed by atoms with Gasteiger partial charge in [-0.05, 0) is 49.4 Å². The average Bonchev–Trinajstić information content (AvgIpc) is 2.69. The predicted octanol–water partition coefficient (Wildman–Crippen LogP) is 20.9. The number of aliphatic hydroxyl groups excluding tert-OH is 1. The van der Waals surface area contributed by atoms with Gasteiger partial charge >= 0.3 is 39.5 Å². The van der Waals surface area contributed by atoms with E-state index in [1.807, 2.05) is 0 Å². The molecular formula is C73H142O17P2. The molecule has 0 saturated heterocycles. The Morgan fingerprint density at radius 1 is 0.304 bits per heavy atom. The fourth-order valence-corrected chi connectivity index (χ4v) is 12.6. The van der Waals surface area contributed by atoms with Gasteiger partial charge < -0.3 is 33.8 Å². The lowest BCUT2D eigenvalue weighted by atomic mass is 9.99. The van der Waals surface area contributed by atoms with E-state index in [9.17, 15) is 43.2 Å². The molecule has 0 heterocycles. The van der Waals surface area contributed by atoms with E-state index in [0.29, 0.717) is 37.5 Å². The molecule has 4 unspecified atom stereocenters. The first-order chi connectivity index (χ1) is 44.1. The third kappa shape index (κ3) is 65.4. The molecule has 0 amide bonds. The van der Waals surface area contributed by atoms with Crippen LogP contribution in [0.4, 0.5) is 0 Å². The van der Waals surface area contributed by atoms with Gasteiger partial charge in [0.15, 0.2) is 12.2 Å². The maximum atomic E-state index is 13.1.